The Morgan fingerprint density at radius 3 is 2.74 bits per heavy atom. The molecule has 114 valence electrons. The number of nitrogens with one attached hydrogen (secondary N) is 1. The maximum absolute atomic E-state index is 13.0. The number of nitrogens with zero attached hydrogens (tertiary/aromatic N) is 1. The van der Waals surface area contributed by atoms with Crippen LogP contribution in [0, 0.1) is 5.82 Å². The number of benzene rings is 1. The maximum atomic E-state index is 13.0. The van der Waals surface area contributed by atoms with Crippen LogP contribution in [0.3, 0.4) is 0 Å². The van der Waals surface area contributed by atoms with Crippen LogP contribution in [0.15, 0.2) is 52.6 Å². The highest BCUT2D eigenvalue weighted by Gasteiger charge is 2.11. The fraction of sp³-hybridized carbons (Fsp3) is 0.0588. The number of aromatic nitrogens is 2. The van der Waals surface area contributed by atoms with Gasteiger partial charge in [-0.25, -0.2) is 9.37 Å². The van der Waals surface area contributed by atoms with Crippen LogP contribution in [0.2, 0.25) is 0 Å². The van der Waals surface area contributed by atoms with E-state index < -0.39 is 0 Å². The van der Waals surface area contributed by atoms with Gasteiger partial charge in [-0.15, -0.1) is 22.7 Å². The van der Waals surface area contributed by atoms with Gasteiger partial charge in [0.2, 0.25) is 0 Å². The van der Waals surface area contributed by atoms with Gasteiger partial charge >= 0.3 is 0 Å². The summed E-state index contributed by atoms with van der Waals surface area (Å²) in [7, 11) is 0. The van der Waals surface area contributed by atoms with Gasteiger partial charge in [0.15, 0.2) is 0 Å². The Morgan fingerprint density at radius 2 is 2.00 bits per heavy atom. The second kappa shape index (κ2) is 5.72. The standard InChI is InChI=1S/C17H11FN2OS2/c18-11-5-3-10(4-6-11)14-9-13-16(23-14)17(21)20-15(19-13)8-12-2-1-7-22-12/h1-7,9H,8H2,(H,19,20,21). The van der Waals surface area contributed by atoms with Crippen molar-refractivity contribution in [2.45, 2.75) is 6.42 Å². The van der Waals surface area contributed by atoms with E-state index in [0.717, 1.165) is 15.3 Å². The van der Waals surface area contributed by atoms with Crippen molar-refractivity contribution in [2.24, 2.45) is 0 Å². The van der Waals surface area contributed by atoms with E-state index in [1.165, 1.54) is 23.5 Å². The third kappa shape index (κ3) is 2.83. The second-order valence-electron chi connectivity index (χ2n) is 5.10. The van der Waals surface area contributed by atoms with Gasteiger partial charge in [0.1, 0.15) is 16.3 Å². The molecule has 0 spiro atoms. The van der Waals surface area contributed by atoms with Crippen molar-refractivity contribution in [3.63, 3.8) is 0 Å². The highest BCUT2D eigenvalue weighted by atomic mass is 32.1. The van der Waals surface area contributed by atoms with Crippen molar-refractivity contribution in [1.29, 1.82) is 0 Å². The molecule has 0 amide bonds. The molecule has 4 aromatic rings. The summed E-state index contributed by atoms with van der Waals surface area (Å²) in [6.45, 7) is 0. The van der Waals surface area contributed by atoms with Crippen molar-refractivity contribution < 1.29 is 4.39 Å². The Labute approximate surface area is 139 Å². The first-order valence-corrected chi connectivity index (χ1v) is 8.70. The molecule has 0 aliphatic rings. The summed E-state index contributed by atoms with van der Waals surface area (Å²) in [4.78, 5) is 21.8. The maximum Gasteiger partial charge on any atom is 0.268 e. The van der Waals surface area contributed by atoms with Crippen LogP contribution in [0.1, 0.15) is 10.7 Å². The molecule has 0 aliphatic carbocycles. The Kier molecular flexibility index (Phi) is 3.55. The molecule has 0 unspecified atom stereocenters. The van der Waals surface area contributed by atoms with Crippen LogP contribution >= 0.6 is 22.7 Å². The molecule has 0 radical (unpaired) electrons. The predicted molar refractivity (Wildman–Crippen MR) is 92.8 cm³/mol. The number of halogens is 1. The van der Waals surface area contributed by atoms with E-state index in [-0.39, 0.29) is 11.4 Å². The zero-order valence-electron chi connectivity index (χ0n) is 11.9. The third-order valence-corrected chi connectivity index (χ3v) is 5.53. The van der Waals surface area contributed by atoms with Gasteiger partial charge < -0.3 is 4.98 Å². The van der Waals surface area contributed by atoms with Crippen molar-refractivity contribution in [1.82, 2.24) is 9.97 Å². The van der Waals surface area contributed by atoms with Crippen molar-refractivity contribution in [3.8, 4) is 10.4 Å². The van der Waals surface area contributed by atoms with Crippen LogP contribution in [0.25, 0.3) is 20.7 Å². The number of hydrogen-bond acceptors (Lipinski definition) is 4. The highest BCUT2D eigenvalue weighted by molar-refractivity contribution is 7.22. The first-order valence-electron chi connectivity index (χ1n) is 7.00. The van der Waals surface area contributed by atoms with E-state index in [1.807, 2.05) is 23.6 Å². The van der Waals surface area contributed by atoms with Crippen molar-refractivity contribution >= 4 is 32.9 Å². The molecule has 3 nitrogen and oxygen atoms in total. The summed E-state index contributed by atoms with van der Waals surface area (Å²) < 4.78 is 13.6. The van der Waals surface area contributed by atoms with Gasteiger partial charge in [-0.05, 0) is 35.2 Å². The molecule has 6 heteroatoms. The molecule has 3 aromatic heterocycles. The molecule has 0 saturated heterocycles. The minimum absolute atomic E-state index is 0.125. The summed E-state index contributed by atoms with van der Waals surface area (Å²) in [6.07, 6.45) is 0.616. The zero-order valence-corrected chi connectivity index (χ0v) is 13.5. The average Bonchev–Trinajstić information content (AvgIpc) is 3.17. The lowest BCUT2D eigenvalue weighted by Gasteiger charge is -1.98. The lowest BCUT2D eigenvalue weighted by atomic mass is 10.2. The quantitative estimate of drug-likeness (QED) is 0.598. The number of H-pyrrole nitrogens is 1. The minimum Gasteiger partial charge on any atom is -0.309 e. The third-order valence-electron chi connectivity index (χ3n) is 3.48. The molecule has 0 aliphatic heterocycles. The van der Waals surface area contributed by atoms with Crippen molar-refractivity contribution in [3.05, 3.63) is 74.7 Å². The SMILES string of the molecule is O=c1[nH]c(Cc2cccs2)nc2cc(-c3ccc(F)cc3)sc12. The van der Waals surface area contributed by atoms with Gasteiger partial charge in [-0.3, -0.25) is 4.79 Å². The molecule has 23 heavy (non-hydrogen) atoms. The van der Waals surface area contributed by atoms with Crippen LogP contribution in [0.4, 0.5) is 4.39 Å². The largest absolute Gasteiger partial charge is 0.309 e. The molecule has 1 N–H and O–H groups in total. The monoisotopic (exact) mass is 342 g/mol. The Bertz CT molecular complexity index is 1020. The smallest absolute Gasteiger partial charge is 0.268 e. The fourth-order valence-electron chi connectivity index (χ4n) is 2.41. The van der Waals surface area contributed by atoms with E-state index in [0.29, 0.717) is 22.5 Å². The van der Waals surface area contributed by atoms with Crippen LogP contribution in [-0.2, 0) is 6.42 Å². The number of hydrogen-bond donors (Lipinski definition) is 1. The van der Waals surface area contributed by atoms with E-state index in [2.05, 4.69) is 9.97 Å². The molecule has 3 heterocycles. The summed E-state index contributed by atoms with van der Waals surface area (Å²) in [5, 5.41) is 2.00. The molecule has 0 atom stereocenters. The highest BCUT2D eigenvalue weighted by Crippen LogP contribution is 2.31. The Morgan fingerprint density at radius 1 is 1.17 bits per heavy atom. The molecule has 0 fully saturated rings. The second-order valence-corrected chi connectivity index (χ2v) is 7.19. The van der Waals surface area contributed by atoms with E-state index in [9.17, 15) is 9.18 Å². The van der Waals surface area contributed by atoms with E-state index >= 15 is 0 Å². The molecule has 4 rings (SSSR count). The van der Waals surface area contributed by atoms with Crippen LogP contribution in [-0.4, -0.2) is 9.97 Å². The van der Waals surface area contributed by atoms with Crippen molar-refractivity contribution in [2.75, 3.05) is 0 Å². The molecule has 1 aromatic carbocycles. The fourth-order valence-corrected chi connectivity index (χ4v) is 4.11. The first-order chi connectivity index (χ1) is 11.2. The summed E-state index contributed by atoms with van der Waals surface area (Å²) in [5.74, 6) is 0.387. The molecular weight excluding hydrogens is 331 g/mol. The number of thiophene rings is 2. The normalized spacial score (nSPS) is 11.2. The van der Waals surface area contributed by atoms with Gasteiger partial charge in [0.25, 0.3) is 5.56 Å². The summed E-state index contributed by atoms with van der Waals surface area (Å²) in [6, 6.07) is 12.1. The van der Waals surface area contributed by atoms with Crippen LogP contribution in [0.5, 0.6) is 0 Å². The van der Waals surface area contributed by atoms with E-state index in [1.54, 1.807) is 23.5 Å². The van der Waals surface area contributed by atoms with Gasteiger partial charge in [-0.1, -0.05) is 18.2 Å². The molecule has 0 bridgehead atoms. The molecular formula is C17H11FN2OS2. The Hall–Kier alpha value is -2.31. The van der Waals surface area contributed by atoms with E-state index in [4.69, 9.17) is 0 Å². The minimum atomic E-state index is -0.274. The topological polar surface area (TPSA) is 45.8 Å². The van der Waals surface area contributed by atoms with Gasteiger partial charge in [0.05, 0.1) is 5.52 Å². The lowest BCUT2D eigenvalue weighted by Crippen LogP contribution is -2.10. The summed E-state index contributed by atoms with van der Waals surface area (Å²) in [5.41, 5.74) is 1.44. The number of aromatic amines is 1. The lowest BCUT2D eigenvalue weighted by molar-refractivity contribution is 0.628. The Balaban J connectivity index is 1.77. The van der Waals surface area contributed by atoms with Gasteiger partial charge in [0, 0.05) is 16.2 Å². The van der Waals surface area contributed by atoms with Gasteiger partial charge in [-0.2, -0.15) is 0 Å². The zero-order chi connectivity index (χ0) is 15.8. The van der Waals surface area contributed by atoms with Crippen LogP contribution < -0.4 is 5.56 Å². The summed E-state index contributed by atoms with van der Waals surface area (Å²) >= 11 is 3.01. The number of rotatable bonds is 3. The predicted octanol–water partition coefficient (Wildman–Crippen LogP) is 4.44. The molecule has 0 saturated carbocycles. The average molecular weight is 342 g/mol. The first kappa shape index (κ1) is 14.3. The number of fused-ring (bicyclic) bond motifs is 1.